The van der Waals surface area contributed by atoms with E-state index in [2.05, 4.69) is 15.6 Å². The Bertz CT molecular complexity index is 867. The van der Waals surface area contributed by atoms with Crippen LogP contribution in [0.2, 0.25) is 0 Å². The highest BCUT2D eigenvalue weighted by Crippen LogP contribution is 2.21. The molecule has 2 amide bonds. The van der Waals surface area contributed by atoms with Crippen molar-refractivity contribution < 1.29 is 9.18 Å². The van der Waals surface area contributed by atoms with Gasteiger partial charge in [0.15, 0.2) is 0 Å². The van der Waals surface area contributed by atoms with E-state index in [0.29, 0.717) is 12.4 Å². The largest absolute Gasteiger partial charge is 0.337 e. The molecular weight excluding hydrogens is 363 g/mol. The first-order chi connectivity index (χ1) is 13.1. The number of rotatable bonds is 7. The van der Waals surface area contributed by atoms with Crippen LogP contribution in [0.15, 0.2) is 71.9 Å². The highest BCUT2D eigenvalue weighted by Gasteiger charge is 2.20. The average Bonchev–Trinajstić information content (AvgIpc) is 3.11. The maximum atomic E-state index is 13.3. The number of halogens is 1. The number of nitrogens with one attached hydrogen (secondary N) is 2. The standard InChI is InChI=1S/C20H21FN4OS/c1-25-13-11-22-19(25)18(15-7-9-16(21)10-8-15)24-20(26)23-12-14-27-17-5-3-2-4-6-17/h2-11,13,18H,12,14H2,1H3,(H2,23,24,26). The highest BCUT2D eigenvalue weighted by atomic mass is 32.2. The normalized spacial score (nSPS) is 11.8. The summed E-state index contributed by atoms with van der Waals surface area (Å²) in [5.41, 5.74) is 0.763. The molecule has 0 bridgehead atoms. The number of benzene rings is 2. The van der Waals surface area contributed by atoms with Gasteiger partial charge >= 0.3 is 6.03 Å². The van der Waals surface area contributed by atoms with Gasteiger partial charge in [-0.1, -0.05) is 30.3 Å². The predicted octanol–water partition coefficient (Wildman–Crippen LogP) is 3.74. The number of aryl methyl sites for hydroxylation is 1. The first kappa shape index (κ1) is 19.0. The Hall–Kier alpha value is -2.80. The lowest BCUT2D eigenvalue weighted by Crippen LogP contribution is -2.40. The van der Waals surface area contributed by atoms with E-state index in [-0.39, 0.29) is 11.8 Å². The van der Waals surface area contributed by atoms with Crippen LogP contribution in [0.1, 0.15) is 17.4 Å². The Morgan fingerprint density at radius 2 is 1.93 bits per heavy atom. The van der Waals surface area contributed by atoms with E-state index in [4.69, 9.17) is 0 Å². The SMILES string of the molecule is Cn1ccnc1C(NC(=O)NCCSc1ccccc1)c1ccc(F)cc1. The fourth-order valence-electron chi connectivity index (χ4n) is 2.64. The van der Waals surface area contributed by atoms with Crippen molar-refractivity contribution in [2.45, 2.75) is 10.9 Å². The van der Waals surface area contributed by atoms with Crippen LogP contribution in [0, 0.1) is 5.82 Å². The van der Waals surface area contributed by atoms with Gasteiger partial charge in [-0.3, -0.25) is 0 Å². The Kier molecular flexibility index (Phi) is 6.49. The van der Waals surface area contributed by atoms with Crippen molar-refractivity contribution >= 4 is 17.8 Å². The third kappa shape index (κ3) is 5.34. The van der Waals surface area contributed by atoms with Crippen LogP contribution in [-0.2, 0) is 7.05 Å². The number of aromatic nitrogens is 2. The number of hydrogen-bond donors (Lipinski definition) is 2. The van der Waals surface area contributed by atoms with E-state index >= 15 is 0 Å². The summed E-state index contributed by atoms with van der Waals surface area (Å²) in [6.45, 7) is 0.530. The molecule has 0 aliphatic carbocycles. The summed E-state index contributed by atoms with van der Waals surface area (Å²) in [6, 6.07) is 15.3. The Morgan fingerprint density at radius 3 is 2.59 bits per heavy atom. The molecular formula is C20H21FN4OS. The zero-order valence-electron chi connectivity index (χ0n) is 14.9. The summed E-state index contributed by atoms with van der Waals surface area (Å²) in [6.07, 6.45) is 3.48. The van der Waals surface area contributed by atoms with Gasteiger partial charge in [-0.25, -0.2) is 14.2 Å². The summed E-state index contributed by atoms with van der Waals surface area (Å²) in [5, 5.41) is 5.79. The molecule has 0 radical (unpaired) electrons. The van der Waals surface area contributed by atoms with Crippen LogP contribution >= 0.6 is 11.8 Å². The molecule has 0 saturated heterocycles. The summed E-state index contributed by atoms with van der Waals surface area (Å²) in [4.78, 5) is 17.9. The van der Waals surface area contributed by atoms with E-state index in [1.165, 1.54) is 12.1 Å². The van der Waals surface area contributed by atoms with Crippen molar-refractivity contribution in [3.8, 4) is 0 Å². The van der Waals surface area contributed by atoms with Crippen molar-refractivity contribution in [2.24, 2.45) is 7.05 Å². The molecule has 0 aliphatic heterocycles. The maximum Gasteiger partial charge on any atom is 0.315 e. The third-order valence-electron chi connectivity index (χ3n) is 3.99. The van der Waals surface area contributed by atoms with Gasteiger partial charge < -0.3 is 15.2 Å². The molecule has 5 nitrogen and oxygen atoms in total. The molecule has 0 aliphatic rings. The van der Waals surface area contributed by atoms with Crippen molar-refractivity contribution in [3.63, 3.8) is 0 Å². The lowest BCUT2D eigenvalue weighted by atomic mass is 10.1. The zero-order chi connectivity index (χ0) is 19.1. The topological polar surface area (TPSA) is 59.0 Å². The van der Waals surface area contributed by atoms with Gasteiger partial charge in [0.1, 0.15) is 17.7 Å². The monoisotopic (exact) mass is 384 g/mol. The molecule has 27 heavy (non-hydrogen) atoms. The van der Waals surface area contributed by atoms with Crippen molar-refractivity contribution in [3.05, 3.63) is 84.2 Å². The molecule has 1 atom stereocenters. The summed E-state index contributed by atoms with van der Waals surface area (Å²) < 4.78 is 15.1. The van der Waals surface area contributed by atoms with Gasteiger partial charge in [-0.05, 0) is 29.8 Å². The number of imidazole rings is 1. The lowest BCUT2D eigenvalue weighted by molar-refractivity contribution is 0.238. The minimum Gasteiger partial charge on any atom is -0.337 e. The molecule has 1 heterocycles. The van der Waals surface area contributed by atoms with Gasteiger partial charge in [0.2, 0.25) is 0 Å². The molecule has 0 spiro atoms. The molecule has 0 saturated carbocycles. The highest BCUT2D eigenvalue weighted by molar-refractivity contribution is 7.99. The average molecular weight is 384 g/mol. The first-order valence-electron chi connectivity index (χ1n) is 8.58. The van der Waals surface area contributed by atoms with Crippen LogP contribution in [0.25, 0.3) is 0 Å². The van der Waals surface area contributed by atoms with Crippen molar-refractivity contribution in [2.75, 3.05) is 12.3 Å². The van der Waals surface area contributed by atoms with E-state index < -0.39 is 6.04 Å². The fraction of sp³-hybridized carbons (Fsp3) is 0.200. The third-order valence-corrected chi connectivity index (χ3v) is 5.01. The number of urea groups is 1. The smallest absolute Gasteiger partial charge is 0.315 e. The number of carbonyl (C=O) groups excluding carboxylic acids is 1. The second kappa shape index (κ2) is 9.23. The Labute approximate surface area is 162 Å². The molecule has 2 aromatic carbocycles. The van der Waals surface area contributed by atoms with Gasteiger partial charge in [-0.15, -0.1) is 11.8 Å². The molecule has 2 N–H and O–H groups in total. The Morgan fingerprint density at radius 1 is 1.19 bits per heavy atom. The fourth-order valence-corrected chi connectivity index (χ4v) is 3.43. The molecule has 3 aromatic rings. The quantitative estimate of drug-likeness (QED) is 0.482. The number of carbonyl (C=O) groups is 1. The van der Waals surface area contributed by atoms with E-state index in [1.807, 2.05) is 48.1 Å². The minimum absolute atomic E-state index is 0.291. The van der Waals surface area contributed by atoms with Crippen molar-refractivity contribution in [1.29, 1.82) is 0 Å². The predicted molar refractivity (Wildman–Crippen MR) is 105 cm³/mol. The summed E-state index contributed by atoms with van der Waals surface area (Å²) in [5.74, 6) is 1.12. The number of amides is 2. The van der Waals surface area contributed by atoms with Crippen LogP contribution < -0.4 is 10.6 Å². The van der Waals surface area contributed by atoms with E-state index in [1.54, 1.807) is 30.1 Å². The van der Waals surface area contributed by atoms with Crippen molar-refractivity contribution in [1.82, 2.24) is 20.2 Å². The molecule has 140 valence electrons. The minimum atomic E-state index is -0.465. The van der Waals surface area contributed by atoms with E-state index in [0.717, 1.165) is 16.2 Å². The summed E-state index contributed by atoms with van der Waals surface area (Å²) in [7, 11) is 1.86. The van der Waals surface area contributed by atoms with Gasteiger partial charge in [0, 0.05) is 36.6 Å². The van der Waals surface area contributed by atoms with Gasteiger partial charge in [-0.2, -0.15) is 0 Å². The molecule has 0 fully saturated rings. The second-order valence-corrected chi connectivity index (χ2v) is 7.11. The Balaban J connectivity index is 1.59. The number of thioether (sulfide) groups is 1. The molecule has 1 unspecified atom stereocenters. The molecule has 3 rings (SSSR count). The summed E-state index contributed by atoms with van der Waals surface area (Å²) >= 11 is 1.68. The lowest BCUT2D eigenvalue weighted by Gasteiger charge is -2.19. The van der Waals surface area contributed by atoms with Crippen LogP contribution in [0.5, 0.6) is 0 Å². The molecule has 1 aromatic heterocycles. The second-order valence-electron chi connectivity index (χ2n) is 5.94. The maximum absolute atomic E-state index is 13.3. The first-order valence-corrected chi connectivity index (χ1v) is 9.57. The van der Waals surface area contributed by atoms with Crippen LogP contribution in [0.4, 0.5) is 9.18 Å². The van der Waals surface area contributed by atoms with Gasteiger partial charge in [0.25, 0.3) is 0 Å². The van der Waals surface area contributed by atoms with E-state index in [9.17, 15) is 9.18 Å². The van der Waals surface area contributed by atoms with Crippen LogP contribution in [0.3, 0.4) is 0 Å². The molecule has 7 heteroatoms. The van der Waals surface area contributed by atoms with Crippen LogP contribution in [-0.4, -0.2) is 27.9 Å². The van der Waals surface area contributed by atoms with Gasteiger partial charge in [0.05, 0.1) is 0 Å². The number of nitrogens with zero attached hydrogens (tertiary/aromatic N) is 2. The number of hydrogen-bond acceptors (Lipinski definition) is 3. The zero-order valence-corrected chi connectivity index (χ0v) is 15.7.